The van der Waals surface area contributed by atoms with Gasteiger partial charge in [0.1, 0.15) is 12.4 Å². The van der Waals surface area contributed by atoms with Crippen LogP contribution in [0.1, 0.15) is 32.3 Å². The van der Waals surface area contributed by atoms with Gasteiger partial charge in [-0.1, -0.05) is 12.1 Å². The molecule has 2 saturated heterocycles. The molecule has 23 heavy (non-hydrogen) atoms. The summed E-state index contributed by atoms with van der Waals surface area (Å²) < 4.78 is 11.4. The standard InChI is InChI=1S/C18H28N2O2.ClH/c1-14-10-20(11-15(2)19-14)12-16-5-7-17(8-6-16)22-13-18-4-3-9-21-18;/h5-8,14-15,18-19H,3-4,9-13H2,1-2H3;1H. The van der Waals surface area contributed by atoms with E-state index in [1.807, 2.05) is 0 Å². The van der Waals surface area contributed by atoms with E-state index in [1.165, 1.54) is 5.56 Å². The molecule has 0 spiro atoms. The van der Waals surface area contributed by atoms with Gasteiger partial charge in [0.15, 0.2) is 0 Å². The van der Waals surface area contributed by atoms with E-state index < -0.39 is 0 Å². The van der Waals surface area contributed by atoms with Crippen LogP contribution in [0, 0.1) is 0 Å². The molecule has 1 aromatic rings. The van der Waals surface area contributed by atoms with Crippen molar-refractivity contribution in [1.82, 2.24) is 10.2 Å². The average molecular weight is 341 g/mol. The molecule has 3 unspecified atom stereocenters. The first kappa shape index (κ1) is 18.5. The predicted molar refractivity (Wildman–Crippen MR) is 95.5 cm³/mol. The average Bonchev–Trinajstić information content (AvgIpc) is 2.99. The summed E-state index contributed by atoms with van der Waals surface area (Å²) in [4.78, 5) is 2.52. The first-order valence-corrected chi connectivity index (χ1v) is 8.51. The highest BCUT2D eigenvalue weighted by atomic mass is 35.5. The lowest BCUT2D eigenvalue weighted by molar-refractivity contribution is 0.0679. The fourth-order valence-electron chi connectivity index (χ4n) is 3.48. The Labute approximate surface area is 145 Å². The highest BCUT2D eigenvalue weighted by Gasteiger charge is 2.20. The van der Waals surface area contributed by atoms with Crippen LogP contribution in [0.5, 0.6) is 5.75 Å². The summed E-state index contributed by atoms with van der Waals surface area (Å²) in [5, 5.41) is 3.57. The maximum atomic E-state index is 5.82. The largest absolute Gasteiger partial charge is 0.491 e. The van der Waals surface area contributed by atoms with Crippen molar-refractivity contribution >= 4 is 12.4 Å². The minimum atomic E-state index is 0. The zero-order valence-electron chi connectivity index (χ0n) is 14.2. The van der Waals surface area contributed by atoms with Gasteiger partial charge in [-0.2, -0.15) is 0 Å². The van der Waals surface area contributed by atoms with Gasteiger partial charge in [0.05, 0.1) is 6.10 Å². The Balaban J connectivity index is 0.00000192. The number of piperazine rings is 1. The van der Waals surface area contributed by atoms with E-state index in [9.17, 15) is 0 Å². The van der Waals surface area contributed by atoms with E-state index >= 15 is 0 Å². The zero-order chi connectivity index (χ0) is 15.4. The van der Waals surface area contributed by atoms with Crippen LogP contribution >= 0.6 is 12.4 Å². The number of hydrogen-bond donors (Lipinski definition) is 1. The van der Waals surface area contributed by atoms with Gasteiger partial charge in [0, 0.05) is 38.3 Å². The summed E-state index contributed by atoms with van der Waals surface area (Å²) in [6.45, 7) is 9.31. The summed E-state index contributed by atoms with van der Waals surface area (Å²) in [6, 6.07) is 9.67. The summed E-state index contributed by atoms with van der Waals surface area (Å²) in [7, 11) is 0. The molecule has 0 amide bonds. The van der Waals surface area contributed by atoms with Gasteiger partial charge in [-0.15, -0.1) is 12.4 Å². The first-order chi connectivity index (χ1) is 10.7. The number of hydrogen-bond acceptors (Lipinski definition) is 4. The fourth-order valence-corrected chi connectivity index (χ4v) is 3.48. The van der Waals surface area contributed by atoms with Crippen molar-refractivity contribution < 1.29 is 9.47 Å². The lowest BCUT2D eigenvalue weighted by Gasteiger charge is -2.36. The molecule has 4 nitrogen and oxygen atoms in total. The van der Waals surface area contributed by atoms with Crippen molar-refractivity contribution in [2.75, 3.05) is 26.3 Å². The van der Waals surface area contributed by atoms with E-state index in [1.54, 1.807) is 0 Å². The Kier molecular flexibility index (Phi) is 7.15. The summed E-state index contributed by atoms with van der Waals surface area (Å²) in [6.07, 6.45) is 2.56. The third kappa shape index (κ3) is 5.64. The van der Waals surface area contributed by atoms with Gasteiger partial charge in [-0.05, 0) is 44.4 Å². The van der Waals surface area contributed by atoms with Gasteiger partial charge in [-0.3, -0.25) is 4.90 Å². The second-order valence-corrected chi connectivity index (χ2v) is 6.75. The number of nitrogens with zero attached hydrogens (tertiary/aromatic N) is 1. The second-order valence-electron chi connectivity index (χ2n) is 6.75. The van der Waals surface area contributed by atoms with Crippen molar-refractivity contribution in [2.24, 2.45) is 0 Å². The van der Waals surface area contributed by atoms with Crippen LogP contribution in [-0.4, -0.2) is 49.4 Å². The minimum Gasteiger partial charge on any atom is -0.491 e. The normalized spacial score (nSPS) is 28.3. The predicted octanol–water partition coefficient (Wildman–Crippen LogP) is 2.85. The molecule has 2 aliphatic heterocycles. The van der Waals surface area contributed by atoms with Crippen molar-refractivity contribution in [1.29, 1.82) is 0 Å². The molecule has 0 bridgehead atoms. The van der Waals surface area contributed by atoms with E-state index in [0.717, 1.165) is 44.8 Å². The molecule has 0 saturated carbocycles. The van der Waals surface area contributed by atoms with Crippen LogP contribution in [0.2, 0.25) is 0 Å². The number of benzene rings is 1. The Morgan fingerprint density at radius 2 is 1.87 bits per heavy atom. The van der Waals surface area contributed by atoms with Crippen molar-refractivity contribution in [3.8, 4) is 5.75 Å². The molecule has 3 atom stereocenters. The van der Waals surface area contributed by atoms with Crippen molar-refractivity contribution in [2.45, 2.75) is 51.4 Å². The Hall–Kier alpha value is -0.810. The Morgan fingerprint density at radius 1 is 1.17 bits per heavy atom. The van der Waals surface area contributed by atoms with Gasteiger partial charge >= 0.3 is 0 Å². The highest BCUT2D eigenvalue weighted by molar-refractivity contribution is 5.85. The van der Waals surface area contributed by atoms with Crippen molar-refractivity contribution in [3.63, 3.8) is 0 Å². The van der Waals surface area contributed by atoms with Crippen molar-refractivity contribution in [3.05, 3.63) is 29.8 Å². The lowest BCUT2D eigenvalue weighted by Crippen LogP contribution is -2.53. The first-order valence-electron chi connectivity index (χ1n) is 8.51. The van der Waals surface area contributed by atoms with Gasteiger partial charge in [0.25, 0.3) is 0 Å². The van der Waals surface area contributed by atoms with Gasteiger partial charge in [-0.25, -0.2) is 0 Å². The topological polar surface area (TPSA) is 33.7 Å². The van der Waals surface area contributed by atoms with Crippen LogP contribution in [-0.2, 0) is 11.3 Å². The smallest absolute Gasteiger partial charge is 0.119 e. The SMILES string of the molecule is CC1CN(Cc2ccc(OCC3CCCO3)cc2)CC(C)N1.Cl. The van der Waals surface area contributed by atoms with Crippen LogP contribution in [0.25, 0.3) is 0 Å². The summed E-state index contributed by atoms with van der Waals surface area (Å²) in [5.41, 5.74) is 1.35. The third-order valence-electron chi connectivity index (χ3n) is 4.42. The number of halogens is 1. The molecular formula is C18H29ClN2O2. The highest BCUT2D eigenvalue weighted by Crippen LogP contribution is 2.18. The minimum absolute atomic E-state index is 0. The molecule has 2 fully saturated rings. The molecular weight excluding hydrogens is 312 g/mol. The van der Waals surface area contributed by atoms with Crippen LogP contribution < -0.4 is 10.1 Å². The molecule has 130 valence electrons. The zero-order valence-corrected chi connectivity index (χ0v) is 15.0. The van der Waals surface area contributed by atoms with E-state index in [4.69, 9.17) is 9.47 Å². The molecule has 0 radical (unpaired) electrons. The Morgan fingerprint density at radius 3 is 2.48 bits per heavy atom. The molecule has 1 aromatic carbocycles. The Bertz CT molecular complexity index is 453. The number of ether oxygens (including phenoxy) is 2. The maximum Gasteiger partial charge on any atom is 0.119 e. The van der Waals surface area contributed by atoms with Gasteiger partial charge < -0.3 is 14.8 Å². The van der Waals surface area contributed by atoms with E-state index in [0.29, 0.717) is 18.7 Å². The third-order valence-corrected chi connectivity index (χ3v) is 4.42. The quantitative estimate of drug-likeness (QED) is 0.893. The second kappa shape index (κ2) is 8.88. The lowest BCUT2D eigenvalue weighted by atomic mass is 10.1. The molecule has 3 rings (SSSR count). The fraction of sp³-hybridized carbons (Fsp3) is 0.667. The maximum absolute atomic E-state index is 5.82. The monoisotopic (exact) mass is 340 g/mol. The van der Waals surface area contributed by atoms with Crippen LogP contribution in [0.15, 0.2) is 24.3 Å². The van der Waals surface area contributed by atoms with Gasteiger partial charge in [0.2, 0.25) is 0 Å². The molecule has 5 heteroatoms. The summed E-state index contributed by atoms with van der Waals surface area (Å²) >= 11 is 0. The summed E-state index contributed by atoms with van der Waals surface area (Å²) in [5.74, 6) is 0.946. The van der Waals surface area contributed by atoms with Crippen LogP contribution in [0.3, 0.4) is 0 Å². The molecule has 2 heterocycles. The van der Waals surface area contributed by atoms with E-state index in [-0.39, 0.29) is 18.5 Å². The molecule has 2 aliphatic rings. The molecule has 1 N–H and O–H groups in total. The van der Waals surface area contributed by atoms with Crippen LogP contribution in [0.4, 0.5) is 0 Å². The number of nitrogens with one attached hydrogen (secondary N) is 1. The van der Waals surface area contributed by atoms with E-state index in [2.05, 4.69) is 48.3 Å². The number of rotatable bonds is 5. The molecule has 0 aromatic heterocycles. The molecule has 0 aliphatic carbocycles.